The second-order valence-corrected chi connectivity index (χ2v) is 10.1. The van der Waals surface area contributed by atoms with Crippen LogP contribution >= 0.6 is 0 Å². The van der Waals surface area contributed by atoms with Crippen molar-refractivity contribution in [1.82, 2.24) is 5.32 Å². The lowest BCUT2D eigenvalue weighted by molar-refractivity contribution is -0.151. The summed E-state index contributed by atoms with van der Waals surface area (Å²) in [6, 6.07) is 7.48. The van der Waals surface area contributed by atoms with E-state index >= 15 is 0 Å². The molecule has 1 fully saturated rings. The van der Waals surface area contributed by atoms with Crippen LogP contribution < -0.4 is 10.1 Å². The Morgan fingerprint density at radius 1 is 1.11 bits per heavy atom. The molecular weight excluding hydrogens is 458 g/mol. The second-order valence-electron chi connectivity index (χ2n) is 10.1. The van der Waals surface area contributed by atoms with Gasteiger partial charge in [-0.25, -0.2) is 4.79 Å². The van der Waals surface area contributed by atoms with E-state index < -0.39 is 23.8 Å². The molecule has 1 N–H and O–H groups in total. The molecule has 7 nitrogen and oxygen atoms in total. The van der Waals surface area contributed by atoms with Crippen molar-refractivity contribution >= 4 is 17.7 Å². The predicted molar refractivity (Wildman–Crippen MR) is 135 cm³/mol. The Kier molecular flexibility index (Phi) is 8.17. The fourth-order valence-corrected chi connectivity index (χ4v) is 5.81. The maximum Gasteiger partial charge on any atom is 0.337 e. The van der Waals surface area contributed by atoms with Crippen molar-refractivity contribution in [1.29, 1.82) is 0 Å². The van der Waals surface area contributed by atoms with E-state index in [2.05, 4.69) is 5.32 Å². The van der Waals surface area contributed by atoms with E-state index in [1.807, 2.05) is 45.0 Å². The number of Topliss-reactive ketones (excluding diaryl/α,β-unsaturated/α-hetero) is 1. The minimum Gasteiger partial charge on any atom is -0.494 e. The first-order valence-corrected chi connectivity index (χ1v) is 13.1. The molecule has 0 unspecified atom stereocenters. The Bertz CT molecular complexity index is 1080. The Morgan fingerprint density at radius 2 is 1.83 bits per heavy atom. The summed E-state index contributed by atoms with van der Waals surface area (Å²) >= 11 is 0. The van der Waals surface area contributed by atoms with Crippen molar-refractivity contribution in [2.75, 3.05) is 13.7 Å². The van der Waals surface area contributed by atoms with Gasteiger partial charge in [0.1, 0.15) is 17.8 Å². The van der Waals surface area contributed by atoms with E-state index in [4.69, 9.17) is 14.2 Å². The molecule has 3 atom stereocenters. The molecule has 3 aliphatic rings. The molecule has 194 valence electrons. The van der Waals surface area contributed by atoms with Gasteiger partial charge in [-0.2, -0.15) is 0 Å². The summed E-state index contributed by atoms with van der Waals surface area (Å²) in [6.45, 7) is 6.14. The van der Waals surface area contributed by atoms with E-state index in [1.54, 1.807) is 0 Å². The van der Waals surface area contributed by atoms with E-state index in [0.717, 1.165) is 49.8 Å². The Balaban J connectivity index is 1.78. The van der Waals surface area contributed by atoms with Crippen molar-refractivity contribution in [2.24, 2.45) is 11.8 Å². The van der Waals surface area contributed by atoms with Crippen LogP contribution in [0.2, 0.25) is 0 Å². The number of carbonyl (C=O) groups is 3. The summed E-state index contributed by atoms with van der Waals surface area (Å²) in [4.78, 5) is 40.2. The monoisotopic (exact) mass is 495 g/mol. The molecule has 1 heterocycles. The highest BCUT2D eigenvalue weighted by Crippen LogP contribution is 2.46. The van der Waals surface area contributed by atoms with Gasteiger partial charge in [0.05, 0.1) is 19.3 Å². The molecule has 0 radical (unpaired) electrons. The fourth-order valence-electron chi connectivity index (χ4n) is 5.81. The van der Waals surface area contributed by atoms with Crippen molar-refractivity contribution in [3.8, 4) is 5.75 Å². The van der Waals surface area contributed by atoms with Crippen LogP contribution in [0.3, 0.4) is 0 Å². The smallest absolute Gasteiger partial charge is 0.337 e. The molecular formula is C29H37NO6. The Labute approximate surface area is 213 Å². The van der Waals surface area contributed by atoms with Crippen molar-refractivity contribution in [3.05, 3.63) is 52.4 Å². The summed E-state index contributed by atoms with van der Waals surface area (Å²) in [6.07, 6.45) is 6.47. The highest BCUT2D eigenvalue weighted by molar-refractivity contribution is 6.12. The molecule has 1 aliphatic heterocycles. The quantitative estimate of drug-likeness (QED) is 0.339. The Morgan fingerprint density at radius 3 is 2.50 bits per heavy atom. The molecule has 0 bridgehead atoms. The molecule has 2 aliphatic carbocycles. The van der Waals surface area contributed by atoms with Crippen LogP contribution in [-0.2, 0) is 23.9 Å². The molecule has 1 aromatic carbocycles. The van der Waals surface area contributed by atoms with Crippen LogP contribution in [0.25, 0.3) is 0 Å². The van der Waals surface area contributed by atoms with Crippen LogP contribution in [0, 0.1) is 11.8 Å². The number of ether oxygens (including phenoxy) is 3. The average Bonchev–Trinajstić information content (AvgIpc) is 3.12. The van der Waals surface area contributed by atoms with Gasteiger partial charge in [-0.05, 0) is 69.6 Å². The van der Waals surface area contributed by atoms with Gasteiger partial charge in [0.2, 0.25) is 0 Å². The molecule has 0 aromatic heterocycles. The lowest BCUT2D eigenvalue weighted by Gasteiger charge is -2.38. The first-order valence-electron chi connectivity index (χ1n) is 13.1. The zero-order chi connectivity index (χ0) is 25.8. The van der Waals surface area contributed by atoms with Gasteiger partial charge in [-0.1, -0.05) is 31.9 Å². The third kappa shape index (κ3) is 5.20. The van der Waals surface area contributed by atoms with Gasteiger partial charge >= 0.3 is 11.9 Å². The molecule has 36 heavy (non-hydrogen) atoms. The number of carbonyl (C=O) groups excluding carboxylic acids is 3. The summed E-state index contributed by atoms with van der Waals surface area (Å²) < 4.78 is 16.8. The minimum atomic E-state index is -0.911. The molecule has 0 saturated heterocycles. The van der Waals surface area contributed by atoms with Gasteiger partial charge in [0, 0.05) is 22.9 Å². The third-order valence-corrected chi connectivity index (χ3v) is 7.54. The van der Waals surface area contributed by atoms with Crippen LogP contribution in [0.15, 0.2) is 46.8 Å². The summed E-state index contributed by atoms with van der Waals surface area (Å²) in [7, 11) is 1.30. The number of nitrogens with one attached hydrogen (secondary N) is 1. The maximum absolute atomic E-state index is 13.9. The zero-order valence-corrected chi connectivity index (χ0v) is 21.7. The largest absolute Gasteiger partial charge is 0.494 e. The standard InChI is InChI=1S/C29H37NO6/c1-5-35-21-14-10-11-19(16-21)25-24(29(33)36-20-12-8-6-7-9-13-20)18(3)30-22-15-17(2)23(28(32)34-4)27(31)26(22)25/h10-11,14,16-17,20,23,25,30H,5-9,12-13,15H2,1-4H3/t17-,23+,25+/m0/s1. The number of ketones is 1. The third-order valence-electron chi connectivity index (χ3n) is 7.54. The van der Waals surface area contributed by atoms with E-state index in [-0.39, 0.29) is 17.8 Å². The van der Waals surface area contributed by atoms with Crippen molar-refractivity contribution < 1.29 is 28.6 Å². The molecule has 7 heteroatoms. The average molecular weight is 496 g/mol. The predicted octanol–water partition coefficient (Wildman–Crippen LogP) is 4.96. The number of rotatable bonds is 6. The van der Waals surface area contributed by atoms with Gasteiger partial charge in [0.25, 0.3) is 0 Å². The summed E-state index contributed by atoms with van der Waals surface area (Å²) in [5.74, 6) is -2.40. The molecule has 1 aromatic rings. The van der Waals surface area contributed by atoms with E-state index in [1.165, 1.54) is 7.11 Å². The first-order chi connectivity index (χ1) is 17.3. The van der Waals surface area contributed by atoms with Gasteiger partial charge in [-0.15, -0.1) is 0 Å². The normalized spacial score (nSPS) is 25.0. The number of esters is 2. The fraction of sp³-hybridized carbons (Fsp3) is 0.552. The van der Waals surface area contributed by atoms with Gasteiger partial charge in [-0.3, -0.25) is 9.59 Å². The van der Waals surface area contributed by atoms with E-state index in [0.29, 0.717) is 35.6 Å². The molecule has 0 spiro atoms. The molecule has 0 amide bonds. The summed E-state index contributed by atoms with van der Waals surface area (Å²) in [5, 5.41) is 3.33. The zero-order valence-electron chi connectivity index (χ0n) is 21.7. The van der Waals surface area contributed by atoms with Gasteiger partial charge < -0.3 is 19.5 Å². The highest BCUT2D eigenvalue weighted by atomic mass is 16.5. The van der Waals surface area contributed by atoms with Gasteiger partial charge in [0.15, 0.2) is 5.78 Å². The minimum absolute atomic E-state index is 0.129. The SMILES string of the molecule is CCOc1cccc([C@@H]2C(C(=O)OC3CCCCCC3)=C(C)NC3=C2C(=O)[C@H](C(=O)OC)[C@@H](C)C3)c1. The second kappa shape index (κ2) is 11.3. The lowest BCUT2D eigenvalue weighted by atomic mass is 9.69. The van der Waals surface area contributed by atoms with Crippen LogP contribution in [0.1, 0.15) is 77.2 Å². The van der Waals surface area contributed by atoms with Crippen molar-refractivity contribution in [3.63, 3.8) is 0 Å². The topological polar surface area (TPSA) is 90.9 Å². The molecule has 4 rings (SSSR count). The highest BCUT2D eigenvalue weighted by Gasteiger charge is 2.47. The number of dihydropyridines is 1. The summed E-state index contributed by atoms with van der Waals surface area (Å²) in [5.41, 5.74) is 3.04. The van der Waals surface area contributed by atoms with E-state index in [9.17, 15) is 14.4 Å². The van der Waals surface area contributed by atoms with Crippen LogP contribution in [0.5, 0.6) is 5.75 Å². The number of benzene rings is 1. The maximum atomic E-state index is 13.9. The number of allylic oxidation sites excluding steroid dienone is 3. The number of hydrogen-bond donors (Lipinski definition) is 1. The first kappa shape index (κ1) is 26.0. The lowest BCUT2D eigenvalue weighted by Crippen LogP contribution is -2.43. The van der Waals surface area contributed by atoms with Crippen molar-refractivity contribution in [2.45, 2.75) is 77.7 Å². The number of hydrogen-bond acceptors (Lipinski definition) is 7. The molecule has 1 saturated carbocycles. The van der Waals surface area contributed by atoms with Crippen LogP contribution in [-0.4, -0.2) is 37.5 Å². The number of methoxy groups -OCH3 is 1. The van der Waals surface area contributed by atoms with Crippen LogP contribution in [0.4, 0.5) is 0 Å². The Hall–Kier alpha value is -3.09.